The van der Waals surface area contributed by atoms with E-state index < -0.39 is 0 Å². The number of benzene rings is 1. The van der Waals surface area contributed by atoms with Crippen LogP contribution in [0.25, 0.3) is 0 Å². The summed E-state index contributed by atoms with van der Waals surface area (Å²) >= 11 is 0. The lowest BCUT2D eigenvalue weighted by molar-refractivity contribution is 0.246. The molecule has 0 radical (unpaired) electrons. The van der Waals surface area contributed by atoms with Gasteiger partial charge in [0.05, 0.1) is 0 Å². The summed E-state index contributed by atoms with van der Waals surface area (Å²) in [5.74, 6) is 1.38. The Morgan fingerprint density at radius 3 is 2.33 bits per heavy atom. The van der Waals surface area contributed by atoms with Crippen molar-refractivity contribution in [2.45, 2.75) is 45.6 Å². The van der Waals surface area contributed by atoms with Crippen molar-refractivity contribution in [2.75, 3.05) is 0 Å². The van der Waals surface area contributed by atoms with Crippen LogP contribution in [-0.4, -0.2) is 17.1 Å². The molecule has 0 aliphatic heterocycles. The highest BCUT2D eigenvalue weighted by Crippen LogP contribution is 2.22. The smallest absolute Gasteiger partial charge is 0.180 e. The number of hydrogen-bond donors (Lipinski definition) is 2. The Balaban J connectivity index is 2.74. The average Bonchev–Trinajstić information content (AvgIpc) is 2.43. The molecule has 1 rings (SSSR count). The first kappa shape index (κ1) is 14.4. The van der Waals surface area contributed by atoms with Gasteiger partial charge in [0.15, 0.2) is 11.9 Å². The quantitative estimate of drug-likeness (QED) is 0.353. The van der Waals surface area contributed by atoms with Crippen LogP contribution in [0.1, 0.15) is 45.1 Å². The van der Waals surface area contributed by atoms with Gasteiger partial charge >= 0.3 is 0 Å². The molecule has 2 atom stereocenters. The minimum Gasteiger partial charge on any atom is -0.482 e. The molecule has 0 aromatic heterocycles. The zero-order valence-electron chi connectivity index (χ0n) is 11.3. The van der Waals surface area contributed by atoms with Crippen molar-refractivity contribution in [1.29, 1.82) is 0 Å². The summed E-state index contributed by atoms with van der Waals surface area (Å²) in [4.78, 5) is 0. The second-order valence-corrected chi connectivity index (χ2v) is 4.42. The lowest BCUT2D eigenvalue weighted by Gasteiger charge is -2.17. The Kier molecular flexibility index (Phi) is 5.49. The first-order valence-corrected chi connectivity index (χ1v) is 6.36. The summed E-state index contributed by atoms with van der Waals surface area (Å²) in [5, 5.41) is 11.6. The molecule has 0 aliphatic rings. The molecular formula is C14H22N2O2. The summed E-state index contributed by atoms with van der Waals surface area (Å²) in [5.41, 5.74) is 6.84. The van der Waals surface area contributed by atoms with Gasteiger partial charge in [-0.2, -0.15) is 0 Å². The molecule has 2 unspecified atom stereocenters. The van der Waals surface area contributed by atoms with Crippen molar-refractivity contribution in [2.24, 2.45) is 10.9 Å². The monoisotopic (exact) mass is 250 g/mol. The van der Waals surface area contributed by atoms with Crippen LogP contribution in [0.5, 0.6) is 5.75 Å². The first-order valence-electron chi connectivity index (χ1n) is 6.36. The topological polar surface area (TPSA) is 67.8 Å². The third-order valence-corrected chi connectivity index (χ3v) is 3.16. The van der Waals surface area contributed by atoms with E-state index in [2.05, 4.69) is 31.1 Å². The van der Waals surface area contributed by atoms with Crippen molar-refractivity contribution >= 4 is 5.84 Å². The van der Waals surface area contributed by atoms with Crippen molar-refractivity contribution < 1.29 is 9.94 Å². The van der Waals surface area contributed by atoms with E-state index in [1.807, 2.05) is 19.1 Å². The number of nitrogens with zero attached hydrogens (tertiary/aromatic N) is 1. The molecule has 3 N–H and O–H groups in total. The van der Waals surface area contributed by atoms with Crippen LogP contribution in [0.15, 0.2) is 29.4 Å². The van der Waals surface area contributed by atoms with E-state index in [-0.39, 0.29) is 11.9 Å². The predicted molar refractivity (Wildman–Crippen MR) is 73.3 cm³/mol. The maximum absolute atomic E-state index is 8.65. The normalized spacial score (nSPS) is 15.2. The summed E-state index contributed by atoms with van der Waals surface area (Å²) in [6, 6.07) is 7.97. The van der Waals surface area contributed by atoms with Gasteiger partial charge in [-0.3, -0.25) is 0 Å². The molecule has 0 spiro atoms. The van der Waals surface area contributed by atoms with E-state index in [9.17, 15) is 0 Å². The molecule has 0 aliphatic carbocycles. The number of hydrogen-bond acceptors (Lipinski definition) is 3. The van der Waals surface area contributed by atoms with E-state index in [0.717, 1.165) is 12.2 Å². The Morgan fingerprint density at radius 2 is 1.89 bits per heavy atom. The first-order chi connectivity index (χ1) is 8.62. The SMILES string of the molecule is CCC(Oc1ccc(C(C)CC)cc1)/C(N)=N/O. The van der Waals surface area contributed by atoms with Gasteiger partial charge in [0.1, 0.15) is 5.75 Å². The highest BCUT2D eigenvalue weighted by Gasteiger charge is 2.13. The second-order valence-electron chi connectivity index (χ2n) is 4.42. The van der Waals surface area contributed by atoms with Gasteiger partial charge < -0.3 is 15.7 Å². The number of oxime groups is 1. The maximum Gasteiger partial charge on any atom is 0.180 e. The largest absolute Gasteiger partial charge is 0.482 e. The number of nitrogens with two attached hydrogens (primary N) is 1. The van der Waals surface area contributed by atoms with Crippen LogP contribution in [0, 0.1) is 0 Å². The minimum absolute atomic E-state index is 0.100. The van der Waals surface area contributed by atoms with Gasteiger partial charge in [-0.25, -0.2) is 0 Å². The third kappa shape index (κ3) is 3.65. The third-order valence-electron chi connectivity index (χ3n) is 3.16. The second kappa shape index (κ2) is 6.89. The van der Waals surface area contributed by atoms with E-state index in [1.54, 1.807) is 0 Å². The van der Waals surface area contributed by atoms with Gasteiger partial charge in [-0.15, -0.1) is 0 Å². The Labute approximate surface area is 108 Å². The van der Waals surface area contributed by atoms with Crippen LogP contribution in [0.2, 0.25) is 0 Å². The fourth-order valence-corrected chi connectivity index (χ4v) is 1.69. The summed E-state index contributed by atoms with van der Waals surface area (Å²) < 4.78 is 5.67. The van der Waals surface area contributed by atoms with Crippen molar-refractivity contribution in [3.8, 4) is 5.75 Å². The number of ether oxygens (including phenoxy) is 1. The molecule has 0 saturated heterocycles. The van der Waals surface area contributed by atoms with Gasteiger partial charge in [0.25, 0.3) is 0 Å². The molecule has 100 valence electrons. The van der Waals surface area contributed by atoms with Crippen LogP contribution in [0.3, 0.4) is 0 Å². The van der Waals surface area contributed by atoms with Crippen LogP contribution in [-0.2, 0) is 0 Å². The molecule has 4 nitrogen and oxygen atoms in total. The highest BCUT2D eigenvalue weighted by molar-refractivity contribution is 5.84. The summed E-state index contributed by atoms with van der Waals surface area (Å²) in [6.07, 6.45) is 1.38. The van der Waals surface area contributed by atoms with Crippen LogP contribution in [0.4, 0.5) is 0 Å². The number of amidine groups is 1. The fraction of sp³-hybridized carbons (Fsp3) is 0.500. The lowest BCUT2D eigenvalue weighted by Crippen LogP contribution is -2.33. The molecule has 18 heavy (non-hydrogen) atoms. The molecule has 0 amide bonds. The zero-order chi connectivity index (χ0) is 13.5. The maximum atomic E-state index is 8.65. The Morgan fingerprint density at radius 1 is 1.28 bits per heavy atom. The standard InChI is InChI=1S/C14H22N2O2/c1-4-10(3)11-6-8-12(9-7-11)18-13(5-2)14(15)16-17/h6-10,13,17H,4-5H2,1-3H3,(H2,15,16). The van der Waals surface area contributed by atoms with Crippen molar-refractivity contribution in [3.05, 3.63) is 29.8 Å². The molecule has 0 bridgehead atoms. The molecule has 4 heteroatoms. The predicted octanol–water partition coefficient (Wildman–Crippen LogP) is 3.10. The van der Waals surface area contributed by atoms with Crippen LogP contribution >= 0.6 is 0 Å². The molecule has 1 aromatic carbocycles. The number of rotatable bonds is 6. The van der Waals surface area contributed by atoms with Crippen molar-refractivity contribution in [3.63, 3.8) is 0 Å². The van der Waals surface area contributed by atoms with Crippen molar-refractivity contribution in [1.82, 2.24) is 0 Å². The van der Waals surface area contributed by atoms with Gasteiger partial charge in [0, 0.05) is 0 Å². The van der Waals surface area contributed by atoms with E-state index in [0.29, 0.717) is 12.3 Å². The minimum atomic E-state index is -0.385. The lowest BCUT2D eigenvalue weighted by atomic mass is 9.99. The Bertz CT molecular complexity index is 387. The van der Waals surface area contributed by atoms with Gasteiger partial charge in [-0.05, 0) is 36.5 Å². The molecule has 0 fully saturated rings. The van der Waals surface area contributed by atoms with Gasteiger partial charge in [-0.1, -0.05) is 38.1 Å². The molecule has 0 heterocycles. The molecular weight excluding hydrogens is 228 g/mol. The van der Waals surface area contributed by atoms with Gasteiger partial charge in [0.2, 0.25) is 0 Å². The fourth-order valence-electron chi connectivity index (χ4n) is 1.69. The van der Waals surface area contributed by atoms with E-state index in [1.165, 1.54) is 5.56 Å². The highest BCUT2D eigenvalue weighted by atomic mass is 16.5. The summed E-state index contributed by atoms with van der Waals surface area (Å²) in [7, 11) is 0. The molecule has 0 saturated carbocycles. The van der Waals surface area contributed by atoms with Crippen LogP contribution < -0.4 is 10.5 Å². The zero-order valence-corrected chi connectivity index (χ0v) is 11.3. The summed E-state index contributed by atoms with van der Waals surface area (Å²) in [6.45, 7) is 6.29. The molecule has 1 aromatic rings. The Hall–Kier alpha value is -1.71. The average molecular weight is 250 g/mol. The van der Waals surface area contributed by atoms with E-state index in [4.69, 9.17) is 15.7 Å². The van der Waals surface area contributed by atoms with E-state index >= 15 is 0 Å².